The van der Waals surface area contributed by atoms with Gasteiger partial charge in [-0.2, -0.15) is 4.37 Å². The van der Waals surface area contributed by atoms with Crippen LogP contribution in [0, 0.1) is 5.82 Å². The molecule has 0 aliphatic carbocycles. The lowest BCUT2D eigenvalue weighted by atomic mass is 10.0. The van der Waals surface area contributed by atoms with Gasteiger partial charge < -0.3 is 21.9 Å². The number of carbonyl (C=O) groups is 3. The van der Waals surface area contributed by atoms with Crippen LogP contribution in [0.3, 0.4) is 0 Å². The number of phenolic OH excluding ortho intramolecular Hbond substituents is 1. The molecule has 9 nitrogen and oxygen atoms in total. The molecule has 4 rings (SSSR count). The summed E-state index contributed by atoms with van der Waals surface area (Å²) >= 11 is 0.644. The highest BCUT2D eigenvalue weighted by Gasteiger charge is 2.36. The van der Waals surface area contributed by atoms with Gasteiger partial charge in [0.25, 0.3) is 11.8 Å². The number of nitrogens with one attached hydrogen (secondary N) is 1. The number of benzene rings is 3. The number of nitrogen functional groups attached to an aromatic ring is 1. The molecular weight excluding hydrogens is 497 g/mol. The van der Waals surface area contributed by atoms with Crippen LogP contribution in [0.25, 0.3) is 0 Å². The van der Waals surface area contributed by atoms with E-state index in [1.54, 1.807) is 0 Å². The van der Waals surface area contributed by atoms with Gasteiger partial charge in [0, 0.05) is 12.2 Å². The van der Waals surface area contributed by atoms with E-state index >= 15 is 0 Å². The van der Waals surface area contributed by atoms with Crippen molar-refractivity contribution in [1.29, 1.82) is 0 Å². The number of carbonyl (C=O) groups excluding carboxylic acids is 3. The Kier molecular flexibility index (Phi) is 7.44. The number of hydrogen-bond donors (Lipinski definition) is 4. The Balaban J connectivity index is 1.83. The molecule has 37 heavy (non-hydrogen) atoms. The van der Waals surface area contributed by atoms with Gasteiger partial charge in [0.15, 0.2) is 5.69 Å². The Morgan fingerprint density at radius 1 is 1.03 bits per heavy atom. The van der Waals surface area contributed by atoms with Crippen LogP contribution in [-0.2, 0) is 11.3 Å². The fraction of sp³-hybridized carbons (Fsp3) is 0.0769. The first-order valence-corrected chi connectivity index (χ1v) is 11.8. The Bertz CT molecular complexity index is 1440. The standard InChI is InChI=1S/C26H22FN5O4S/c27-17-7-4-8-18(13-17)32(26(36)23-20(28)21(24(29)34)31-37-23)22(16-9-11-19(33)12-10-16)25(35)30-14-15-5-2-1-3-6-15/h1-13,22,33H,14,28H2,(H2,29,34)(H,30,35)/t22-/m0/s1. The van der Waals surface area contributed by atoms with Crippen molar-refractivity contribution >= 4 is 40.6 Å². The number of nitrogens with zero attached hydrogens (tertiary/aromatic N) is 2. The van der Waals surface area contributed by atoms with Crippen molar-refractivity contribution in [2.75, 3.05) is 10.6 Å². The minimum Gasteiger partial charge on any atom is -0.508 e. The van der Waals surface area contributed by atoms with Crippen molar-refractivity contribution < 1.29 is 23.9 Å². The molecule has 0 fully saturated rings. The molecule has 1 atom stereocenters. The van der Waals surface area contributed by atoms with E-state index in [-0.39, 0.29) is 34.2 Å². The molecular formula is C26H22FN5O4S. The molecule has 3 aromatic carbocycles. The molecule has 188 valence electrons. The van der Waals surface area contributed by atoms with Crippen LogP contribution < -0.4 is 21.7 Å². The molecule has 0 bridgehead atoms. The fourth-order valence-corrected chi connectivity index (χ4v) is 4.45. The SMILES string of the molecule is NC(=O)c1nsc(C(=O)N(c2cccc(F)c2)[C@H](C(=O)NCc2ccccc2)c2ccc(O)cc2)c1N. The third kappa shape index (κ3) is 5.57. The zero-order chi connectivity index (χ0) is 26.5. The minimum absolute atomic E-state index is 0.0476. The highest BCUT2D eigenvalue weighted by atomic mass is 32.1. The lowest BCUT2D eigenvalue weighted by Crippen LogP contribution is -2.44. The largest absolute Gasteiger partial charge is 0.508 e. The molecule has 6 N–H and O–H groups in total. The van der Waals surface area contributed by atoms with E-state index < -0.39 is 29.6 Å². The van der Waals surface area contributed by atoms with Gasteiger partial charge in [0.05, 0.1) is 5.69 Å². The van der Waals surface area contributed by atoms with Crippen LogP contribution >= 0.6 is 11.5 Å². The van der Waals surface area contributed by atoms with E-state index in [0.29, 0.717) is 17.1 Å². The van der Waals surface area contributed by atoms with Crippen molar-refractivity contribution in [3.63, 3.8) is 0 Å². The molecule has 4 aromatic rings. The number of aromatic hydroxyl groups is 1. The van der Waals surface area contributed by atoms with Gasteiger partial charge in [0.1, 0.15) is 22.5 Å². The van der Waals surface area contributed by atoms with Crippen LogP contribution in [-0.4, -0.2) is 27.2 Å². The first-order chi connectivity index (χ1) is 17.8. The van der Waals surface area contributed by atoms with E-state index in [2.05, 4.69) is 9.69 Å². The van der Waals surface area contributed by atoms with Crippen molar-refractivity contribution in [2.24, 2.45) is 5.73 Å². The second-order valence-electron chi connectivity index (χ2n) is 7.99. The van der Waals surface area contributed by atoms with E-state index in [4.69, 9.17) is 11.5 Å². The number of phenols is 1. The van der Waals surface area contributed by atoms with Gasteiger partial charge in [-0.15, -0.1) is 0 Å². The number of rotatable bonds is 8. The van der Waals surface area contributed by atoms with Crippen LogP contribution in [0.2, 0.25) is 0 Å². The Labute approximate surface area is 215 Å². The second-order valence-corrected chi connectivity index (χ2v) is 8.76. The summed E-state index contributed by atoms with van der Waals surface area (Å²) < 4.78 is 18.2. The summed E-state index contributed by atoms with van der Waals surface area (Å²) in [6.07, 6.45) is 0. The molecule has 11 heteroatoms. The first-order valence-electron chi connectivity index (χ1n) is 11.0. The molecule has 0 aliphatic rings. The van der Waals surface area contributed by atoms with E-state index in [0.717, 1.165) is 16.5 Å². The third-order valence-electron chi connectivity index (χ3n) is 5.49. The number of primary amides is 1. The smallest absolute Gasteiger partial charge is 0.273 e. The molecule has 0 unspecified atom stereocenters. The molecule has 0 aliphatic heterocycles. The molecule has 0 saturated heterocycles. The van der Waals surface area contributed by atoms with Crippen LogP contribution in [0.15, 0.2) is 78.9 Å². The number of nitrogens with two attached hydrogens (primary N) is 2. The number of halogens is 1. The zero-order valence-electron chi connectivity index (χ0n) is 19.3. The molecule has 3 amide bonds. The van der Waals surface area contributed by atoms with Crippen molar-refractivity contribution in [3.8, 4) is 5.75 Å². The van der Waals surface area contributed by atoms with Crippen LogP contribution in [0.1, 0.15) is 37.3 Å². The van der Waals surface area contributed by atoms with Crippen LogP contribution in [0.4, 0.5) is 15.8 Å². The normalized spacial score (nSPS) is 11.5. The molecule has 1 heterocycles. The Morgan fingerprint density at radius 3 is 2.35 bits per heavy atom. The van der Waals surface area contributed by atoms with Gasteiger partial charge in [-0.1, -0.05) is 48.5 Å². The lowest BCUT2D eigenvalue weighted by Gasteiger charge is -2.31. The van der Waals surface area contributed by atoms with E-state index in [1.807, 2.05) is 30.3 Å². The van der Waals surface area contributed by atoms with Gasteiger partial charge in [-0.25, -0.2) is 4.39 Å². The first kappa shape index (κ1) is 25.3. The monoisotopic (exact) mass is 519 g/mol. The second kappa shape index (κ2) is 10.9. The van der Waals surface area contributed by atoms with Crippen LogP contribution in [0.5, 0.6) is 5.75 Å². The highest BCUT2D eigenvalue weighted by Crippen LogP contribution is 2.34. The van der Waals surface area contributed by atoms with Crippen molar-refractivity contribution in [1.82, 2.24) is 9.69 Å². The predicted molar refractivity (Wildman–Crippen MR) is 137 cm³/mol. The lowest BCUT2D eigenvalue weighted by molar-refractivity contribution is -0.122. The Hall–Kier alpha value is -4.77. The zero-order valence-corrected chi connectivity index (χ0v) is 20.1. The maximum atomic E-state index is 14.3. The predicted octanol–water partition coefficient (Wildman–Crippen LogP) is 3.37. The highest BCUT2D eigenvalue weighted by molar-refractivity contribution is 7.09. The Morgan fingerprint density at radius 2 is 1.73 bits per heavy atom. The maximum Gasteiger partial charge on any atom is 0.273 e. The number of anilines is 2. The van der Waals surface area contributed by atoms with Gasteiger partial charge >= 0.3 is 0 Å². The molecule has 0 radical (unpaired) electrons. The fourth-order valence-electron chi connectivity index (χ4n) is 3.70. The summed E-state index contributed by atoms with van der Waals surface area (Å²) in [5.41, 5.74) is 12.0. The van der Waals surface area contributed by atoms with E-state index in [9.17, 15) is 23.9 Å². The summed E-state index contributed by atoms with van der Waals surface area (Å²) in [6.45, 7) is 0.161. The number of aromatic nitrogens is 1. The molecule has 0 spiro atoms. The van der Waals surface area contributed by atoms with E-state index in [1.165, 1.54) is 42.5 Å². The van der Waals surface area contributed by atoms with Crippen molar-refractivity contribution in [2.45, 2.75) is 12.6 Å². The van der Waals surface area contributed by atoms with Gasteiger partial charge in [0.2, 0.25) is 5.91 Å². The average molecular weight is 520 g/mol. The minimum atomic E-state index is -1.31. The summed E-state index contributed by atoms with van der Waals surface area (Å²) in [5, 5.41) is 12.6. The summed E-state index contributed by atoms with van der Waals surface area (Å²) in [6, 6.07) is 18.7. The summed E-state index contributed by atoms with van der Waals surface area (Å²) in [5.74, 6) is -2.97. The number of hydrogen-bond acceptors (Lipinski definition) is 7. The summed E-state index contributed by atoms with van der Waals surface area (Å²) in [7, 11) is 0. The average Bonchev–Trinajstić information content (AvgIpc) is 3.28. The van der Waals surface area contributed by atoms with Crippen molar-refractivity contribution in [3.05, 3.63) is 106 Å². The topological polar surface area (TPSA) is 152 Å². The van der Waals surface area contributed by atoms with Gasteiger partial charge in [-0.05, 0) is 53.0 Å². The molecule has 0 saturated carbocycles. The number of amides is 3. The maximum absolute atomic E-state index is 14.3. The molecule has 1 aromatic heterocycles. The quantitative estimate of drug-likeness (QED) is 0.280. The third-order valence-corrected chi connectivity index (χ3v) is 6.34. The summed E-state index contributed by atoms with van der Waals surface area (Å²) in [4.78, 5) is 40.2. The van der Waals surface area contributed by atoms with Gasteiger partial charge in [-0.3, -0.25) is 19.3 Å².